The Hall–Kier alpha value is -1.01. The monoisotopic (exact) mass is 276 g/mol. The number of halogens is 6. The smallest absolute Gasteiger partial charge is 0.259 e. The number of hydrogen-bond acceptors (Lipinski definition) is 2. The Morgan fingerprint density at radius 3 is 1.88 bits per heavy atom. The van der Waals surface area contributed by atoms with Crippen molar-refractivity contribution in [2.24, 2.45) is 0 Å². The van der Waals surface area contributed by atoms with E-state index in [-0.39, 0.29) is 0 Å². The molecular weight excluding hydrogens is 275 g/mol. The topological polar surface area (TPSA) is 26.3 Å². The molecule has 16 heavy (non-hydrogen) atoms. The summed E-state index contributed by atoms with van der Waals surface area (Å²) in [6, 6.07) is 0. The predicted octanol–water partition coefficient (Wildman–Crippen LogP) is 3.04. The maximum absolute atomic E-state index is 13.0. The van der Waals surface area contributed by atoms with Crippen molar-refractivity contribution in [2.75, 3.05) is 6.61 Å². The maximum atomic E-state index is 13.0. The molecule has 1 rings (SSSR count). The first-order valence-electron chi connectivity index (χ1n) is 3.68. The number of hydrogen-bond donors (Lipinski definition) is 0. The van der Waals surface area contributed by atoms with Gasteiger partial charge in [-0.15, -0.1) is 0 Å². The van der Waals surface area contributed by atoms with Gasteiger partial charge in [0.2, 0.25) is 11.6 Å². The van der Waals surface area contributed by atoms with Crippen molar-refractivity contribution in [2.45, 2.75) is 0 Å². The van der Waals surface area contributed by atoms with E-state index in [1.165, 1.54) is 0 Å². The van der Waals surface area contributed by atoms with E-state index in [9.17, 15) is 22.4 Å². The standard InChI is InChI=1S/C8H2Cl2F4O2/c9-2(15)1-16-8-6(13)4(11)3(10)5(12)7(8)14/h1H2. The molecule has 88 valence electrons. The van der Waals surface area contributed by atoms with Gasteiger partial charge in [0.05, 0.1) is 0 Å². The van der Waals surface area contributed by atoms with Gasteiger partial charge in [0.1, 0.15) is 5.02 Å². The van der Waals surface area contributed by atoms with Gasteiger partial charge in [0.25, 0.3) is 5.24 Å². The van der Waals surface area contributed by atoms with Crippen molar-refractivity contribution in [1.29, 1.82) is 0 Å². The lowest BCUT2D eigenvalue weighted by atomic mass is 10.3. The minimum absolute atomic E-state index is 0.935. The van der Waals surface area contributed by atoms with Crippen molar-refractivity contribution in [3.8, 4) is 5.75 Å². The van der Waals surface area contributed by atoms with E-state index in [1.54, 1.807) is 0 Å². The molecule has 0 bridgehead atoms. The highest BCUT2D eigenvalue weighted by atomic mass is 35.5. The van der Waals surface area contributed by atoms with E-state index >= 15 is 0 Å². The molecule has 0 aliphatic carbocycles. The van der Waals surface area contributed by atoms with Gasteiger partial charge < -0.3 is 4.74 Å². The summed E-state index contributed by atoms with van der Waals surface area (Å²) in [5.41, 5.74) is 0. The second-order valence-electron chi connectivity index (χ2n) is 2.54. The quantitative estimate of drug-likeness (QED) is 0.367. The van der Waals surface area contributed by atoms with Crippen LogP contribution >= 0.6 is 23.2 Å². The van der Waals surface area contributed by atoms with Crippen molar-refractivity contribution >= 4 is 28.4 Å². The molecule has 0 amide bonds. The predicted molar refractivity (Wildman–Crippen MR) is 47.6 cm³/mol. The Morgan fingerprint density at radius 2 is 1.50 bits per heavy atom. The van der Waals surface area contributed by atoms with Gasteiger partial charge in [0.15, 0.2) is 24.0 Å². The Bertz CT molecular complexity index is 421. The molecule has 0 spiro atoms. The summed E-state index contributed by atoms with van der Waals surface area (Å²) in [7, 11) is 0. The van der Waals surface area contributed by atoms with Crippen LogP contribution in [0.5, 0.6) is 5.75 Å². The Kier molecular flexibility index (Phi) is 3.98. The van der Waals surface area contributed by atoms with Crippen molar-refractivity contribution in [3.63, 3.8) is 0 Å². The summed E-state index contributed by atoms with van der Waals surface area (Å²) in [5, 5.41) is -2.42. The molecule has 1 aromatic carbocycles. The van der Waals surface area contributed by atoms with Crippen LogP contribution < -0.4 is 4.74 Å². The van der Waals surface area contributed by atoms with E-state index in [4.69, 9.17) is 23.2 Å². The molecule has 0 aromatic heterocycles. The number of benzene rings is 1. The second kappa shape index (κ2) is 4.88. The second-order valence-corrected chi connectivity index (χ2v) is 3.34. The molecule has 0 atom stereocenters. The largest absolute Gasteiger partial charge is 0.478 e. The van der Waals surface area contributed by atoms with Crippen LogP contribution in [0.3, 0.4) is 0 Å². The molecule has 0 fully saturated rings. The minimum Gasteiger partial charge on any atom is -0.478 e. The van der Waals surface area contributed by atoms with Gasteiger partial charge in [-0.25, -0.2) is 8.78 Å². The van der Waals surface area contributed by atoms with E-state index < -0.39 is 45.9 Å². The normalized spacial score (nSPS) is 10.4. The first kappa shape index (κ1) is 13.1. The fourth-order valence-electron chi connectivity index (χ4n) is 0.840. The van der Waals surface area contributed by atoms with Gasteiger partial charge in [0, 0.05) is 0 Å². The zero-order chi connectivity index (χ0) is 12.5. The number of carbonyl (C=O) groups excluding carboxylic acids is 1. The summed E-state index contributed by atoms with van der Waals surface area (Å²) >= 11 is 9.77. The lowest BCUT2D eigenvalue weighted by molar-refractivity contribution is -0.113. The third kappa shape index (κ3) is 2.38. The molecule has 0 heterocycles. The summed E-state index contributed by atoms with van der Waals surface area (Å²) in [4.78, 5) is 10.3. The molecule has 0 radical (unpaired) electrons. The highest BCUT2D eigenvalue weighted by Crippen LogP contribution is 2.32. The summed E-state index contributed by atoms with van der Waals surface area (Å²) in [6.07, 6.45) is 0. The Balaban J connectivity index is 3.23. The van der Waals surface area contributed by atoms with Crippen LogP contribution in [0.4, 0.5) is 17.6 Å². The van der Waals surface area contributed by atoms with E-state index in [0.717, 1.165) is 0 Å². The molecule has 0 saturated heterocycles. The first-order valence-corrected chi connectivity index (χ1v) is 4.44. The van der Waals surface area contributed by atoms with Gasteiger partial charge in [-0.1, -0.05) is 11.6 Å². The van der Waals surface area contributed by atoms with Crippen molar-refractivity contribution in [3.05, 3.63) is 28.3 Å². The van der Waals surface area contributed by atoms with Crippen molar-refractivity contribution in [1.82, 2.24) is 0 Å². The zero-order valence-electron chi connectivity index (χ0n) is 7.29. The van der Waals surface area contributed by atoms with Gasteiger partial charge in [-0.05, 0) is 11.6 Å². The highest BCUT2D eigenvalue weighted by molar-refractivity contribution is 6.63. The molecule has 0 unspecified atom stereocenters. The molecule has 1 aromatic rings. The molecule has 0 N–H and O–H groups in total. The van der Waals surface area contributed by atoms with Crippen LogP contribution in [0.1, 0.15) is 0 Å². The third-order valence-corrected chi connectivity index (χ3v) is 1.94. The van der Waals surface area contributed by atoms with Gasteiger partial charge >= 0.3 is 0 Å². The lowest BCUT2D eigenvalue weighted by Gasteiger charge is -2.08. The SMILES string of the molecule is O=C(Cl)COc1c(F)c(F)c(Cl)c(F)c1F. The Labute approximate surface area is 96.7 Å². The average molecular weight is 277 g/mol. The maximum Gasteiger partial charge on any atom is 0.259 e. The number of carbonyl (C=O) groups is 1. The Morgan fingerprint density at radius 1 is 1.06 bits per heavy atom. The first-order chi connectivity index (χ1) is 7.36. The average Bonchev–Trinajstić information content (AvgIpc) is 2.23. The molecular formula is C8H2Cl2F4O2. The summed E-state index contributed by atoms with van der Waals surface area (Å²) in [6.45, 7) is -0.935. The van der Waals surface area contributed by atoms with Crippen LogP contribution in [-0.2, 0) is 4.79 Å². The van der Waals surface area contributed by atoms with Crippen LogP contribution in [0.25, 0.3) is 0 Å². The highest BCUT2D eigenvalue weighted by Gasteiger charge is 2.25. The van der Waals surface area contributed by atoms with E-state index in [0.29, 0.717) is 0 Å². The van der Waals surface area contributed by atoms with E-state index in [1.807, 2.05) is 0 Å². The summed E-state index contributed by atoms with van der Waals surface area (Å²) in [5.74, 6) is -8.66. The van der Waals surface area contributed by atoms with Crippen molar-refractivity contribution < 1.29 is 27.1 Å². The minimum atomic E-state index is -1.83. The summed E-state index contributed by atoms with van der Waals surface area (Å²) < 4.78 is 55.9. The number of rotatable bonds is 3. The van der Waals surface area contributed by atoms with Gasteiger partial charge in [-0.2, -0.15) is 8.78 Å². The van der Waals surface area contributed by atoms with Crippen LogP contribution in [0, 0.1) is 23.3 Å². The zero-order valence-corrected chi connectivity index (χ0v) is 8.80. The molecule has 0 aliphatic rings. The number of ether oxygens (including phenoxy) is 1. The molecule has 8 heteroatoms. The molecule has 2 nitrogen and oxygen atoms in total. The van der Waals surface area contributed by atoms with Gasteiger partial charge in [-0.3, -0.25) is 4.79 Å². The van der Waals surface area contributed by atoms with E-state index in [2.05, 4.69) is 4.74 Å². The van der Waals surface area contributed by atoms with Crippen LogP contribution in [0.15, 0.2) is 0 Å². The molecule has 0 saturated carbocycles. The fourth-order valence-corrected chi connectivity index (χ4v) is 1.06. The fraction of sp³-hybridized carbons (Fsp3) is 0.125. The third-order valence-electron chi connectivity index (χ3n) is 1.50. The lowest BCUT2D eigenvalue weighted by Crippen LogP contribution is -2.09. The van der Waals surface area contributed by atoms with Crippen LogP contribution in [0.2, 0.25) is 5.02 Å². The molecule has 0 aliphatic heterocycles. The van der Waals surface area contributed by atoms with Crippen LogP contribution in [-0.4, -0.2) is 11.8 Å².